The van der Waals surface area contributed by atoms with Crippen LogP contribution in [0.5, 0.6) is 0 Å². The van der Waals surface area contributed by atoms with Crippen molar-refractivity contribution in [3.05, 3.63) is 71.8 Å². The number of ether oxygens (including phenoxy) is 2. The molecule has 1 unspecified atom stereocenters. The Kier molecular flexibility index (Phi) is 7.63. The van der Waals surface area contributed by atoms with Crippen LogP contribution in [0, 0.1) is 5.92 Å². The number of hydrogen-bond acceptors (Lipinski definition) is 3. The second kappa shape index (κ2) is 9.86. The third-order valence-electron chi connectivity index (χ3n) is 5.53. The van der Waals surface area contributed by atoms with Crippen LogP contribution in [0.15, 0.2) is 60.7 Å². The summed E-state index contributed by atoms with van der Waals surface area (Å²) >= 11 is 0. The Labute approximate surface area is 185 Å². The first-order valence-corrected chi connectivity index (χ1v) is 11.6. The van der Waals surface area contributed by atoms with Gasteiger partial charge in [0.05, 0.1) is 41.0 Å². The number of rotatable bonds is 8. The van der Waals surface area contributed by atoms with E-state index in [-0.39, 0.29) is 13.2 Å². The second-order valence-corrected chi connectivity index (χ2v) is 11.0. The lowest BCUT2D eigenvalue weighted by atomic mass is 10.1. The summed E-state index contributed by atoms with van der Waals surface area (Å²) in [5, 5.41) is 0. The lowest BCUT2D eigenvalue weighted by Crippen LogP contribution is -2.53. The van der Waals surface area contributed by atoms with Crippen molar-refractivity contribution < 1.29 is 22.5 Å². The molecule has 1 fully saturated rings. The summed E-state index contributed by atoms with van der Waals surface area (Å²) in [7, 11) is -1.68. The lowest BCUT2D eigenvalue weighted by Gasteiger charge is -2.29. The van der Waals surface area contributed by atoms with Crippen LogP contribution in [0.3, 0.4) is 0 Å². The third-order valence-corrected chi connectivity index (χ3v) is 7.11. The van der Waals surface area contributed by atoms with Crippen molar-refractivity contribution in [2.45, 2.75) is 69.8 Å². The van der Waals surface area contributed by atoms with Gasteiger partial charge in [-0.1, -0.05) is 67.6 Å². The molecule has 0 saturated heterocycles. The molecule has 1 aliphatic rings. The summed E-state index contributed by atoms with van der Waals surface area (Å²) < 4.78 is 57.4. The number of hydrogen-bond donors (Lipinski definition) is 1. The molecule has 1 aliphatic carbocycles. The average molecular weight is 452 g/mol. The first-order chi connectivity index (χ1) is 14.6. The molecule has 0 radical (unpaired) electrons. The Morgan fingerprint density at radius 1 is 0.903 bits per heavy atom. The molecule has 1 saturated carbocycles. The van der Waals surface area contributed by atoms with Crippen molar-refractivity contribution >= 4 is 11.0 Å². The van der Waals surface area contributed by atoms with Crippen LogP contribution in [0.2, 0.25) is 0 Å². The summed E-state index contributed by atoms with van der Waals surface area (Å²) in [4.78, 5) is 0. The van der Waals surface area contributed by atoms with Gasteiger partial charge in [0, 0.05) is 0 Å². The van der Waals surface area contributed by atoms with Gasteiger partial charge in [0.15, 0.2) is 0 Å². The molecule has 170 valence electrons. The molecule has 4 nitrogen and oxygen atoms in total. The van der Waals surface area contributed by atoms with Crippen LogP contribution < -0.4 is 4.72 Å². The van der Waals surface area contributed by atoms with Crippen molar-refractivity contribution in [3.63, 3.8) is 0 Å². The molecule has 3 rings (SSSR count). The highest BCUT2D eigenvalue weighted by Gasteiger charge is 2.62. The molecule has 5 atom stereocenters. The number of halogens is 2. The van der Waals surface area contributed by atoms with Crippen LogP contribution in [0.1, 0.15) is 38.8 Å². The van der Waals surface area contributed by atoms with E-state index in [2.05, 4.69) is 4.72 Å². The van der Waals surface area contributed by atoms with E-state index in [4.69, 9.17) is 9.47 Å². The Morgan fingerprint density at radius 3 is 1.81 bits per heavy atom. The second-order valence-electron chi connectivity index (χ2n) is 8.96. The number of benzene rings is 2. The Balaban J connectivity index is 1.83. The SMILES string of the molecule is C[C@@H]1[C@@H](OCc2ccccc2)[C@H](OCc2ccccc2)[C@H](NS(=O)C(C)(C)C)C1(F)F. The lowest BCUT2D eigenvalue weighted by molar-refractivity contribution is -0.0915. The van der Waals surface area contributed by atoms with Gasteiger partial charge in [0.1, 0.15) is 12.1 Å². The van der Waals surface area contributed by atoms with Gasteiger partial charge in [-0.05, 0) is 31.9 Å². The van der Waals surface area contributed by atoms with Crippen LogP contribution in [-0.4, -0.2) is 33.1 Å². The van der Waals surface area contributed by atoms with Crippen molar-refractivity contribution in [2.24, 2.45) is 5.92 Å². The molecule has 0 heterocycles. The maximum absolute atomic E-state index is 15.3. The predicted octanol–water partition coefficient (Wildman–Crippen LogP) is 4.86. The highest BCUT2D eigenvalue weighted by molar-refractivity contribution is 7.84. The molecular weight excluding hydrogens is 420 g/mol. The van der Waals surface area contributed by atoms with Gasteiger partial charge in [-0.25, -0.2) is 17.7 Å². The van der Waals surface area contributed by atoms with Gasteiger partial charge >= 0.3 is 0 Å². The summed E-state index contributed by atoms with van der Waals surface area (Å²) in [6.45, 7) is 7.07. The van der Waals surface area contributed by atoms with E-state index in [1.54, 1.807) is 20.8 Å². The summed E-state index contributed by atoms with van der Waals surface area (Å²) in [5.74, 6) is -4.25. The van der Waals surface area contributed by atoms with Gasteiger partial charge in [-0.3, -0.25) is 0 Å². The minimum atomic E-state index is -3.15. The third kappa shape index (κ3) is 5.77. The smallest absolute Gasteiger partial charge is 0.271 e. The Bertz CT molecular complexity index is 858. The van der Waals surface area contributed by atoms with Crippen molar-refractivity contribution in [1.82, 2.24) is 4.72 Å². The fourth-order valence-electron chi connectivity index (χ4n) is 3.60. The quantitative estimate of drug-likeness (QED) is 0.623. The average Bonchev–Trinajstić information content (AvgIpc) is 2.91. The van der Waals surface area contributed by atoms with Gasteiger partial charge in [0.25, 0.3) is 5.92 Å². The zero-order valence-electron chi connectivity index (χ0n) is 18.4. The molecule has 1 N–H and O–H groups in total. The van der Waals surface area contributed by atoms with Crippen LogP contribution in [0.25, 0.3) is 0 Å². The molecule has 0 bridgehead atoms. The molecule has 0 aliphatic heterocycles. The Morgan fingerprint density at radius 2 is 1.35 bits per heavy atom. The largest absolute Gasteiger partial charge is 0.370 e. The minimum absolute atomic E-state index is 0.167. The van der Waals surface area contributed by atoms with E-state index in [1.807, 2.05) is 60.7 Å². The first-order valence-electron chi connectivity index (χ1n) is 10.5. The van der Waals surface area contributed by atoms with E-state index < -0.39 is 45.8 Å². The molecule has 0 aromatic heterocycles. The number of alkyl halides is 2. The summed E-state index contributed by atoms with van der Waals surface area (Å²) in [6.07, 6.45) is -1.81. The molecule has 0 amide bonds. The Hall–Kier alpha value is -1.67. The van der Waals surface area contributed by atoms with Crippen LogP contribution >= 0.6 is 0 Å². The van der Waals surface area contributed by atoms with Gasteiger partial charge < -0.3 is 9.47 Å². The van der Waals surface area contributed by atoms with Crippen LogP contribution in [0.4, 0.5) is 8.78 Å². The first kappa shape index (κ1) is 24.0. The molecule has 0 spiro atoms. The summed E-state index contributed by atoms with van der Waals surface area (Å²) in [5.41, 5.74) is 1.78. The summed E-state index contributed by atoms with van der Waals surface area (Å²) in [6, 6.07) is 17.4. The maximum Gasteiger partial charge on any atom is 0.271 e. The molecule has 2 aromatic rings. The van der Waals surface area contributed by atoms with Crippen LogP contribution in [-0.2, 0) is 33.7 Å². The van der Waals surface area contributed by atoms with Crippen molar-refractivity contribution in [1.29, 1.82) is 0 Å². The highest BCUT2D eigenvalue weighted by Crippen LogP contribution is 2.44. The topological polar surface area (TPSA) is 47.6 Å². The predicted molar refractivity (Wildman–Crippen MR) is 119 cm³/mol. The van der Waals surface area contributed by atoms with E-state index in [0.29, 0.717) is 0 Å². The standard InChI is InChI=1S/C24H31F2NO3S/c1-17-20(29-15-18-11-7-5-8-12-18)21(30-16-19-13-9-6-10-14-19)22(24(17,25)26)27-31(28)23(2,3)4/h5-14,17,20-22,27H,15-16H2,1-4H3/t17-,20-,21+,22+,31?/m1/s1. The minimum Gasteiger partial charge on any atom is -0.370 e. The normalized spacial score (nSPS) is 26.6. The molecule has 2 aromatic carbocycles. The van der Waals surface area contributed by atoms with E-state index >= 15 is 8.78 Å². The molecule has 7 heteroatoms. The van der Waals surface area contributed by atoms with Gasteiger partial charge in [-0.15, -0.1) is 0 Å². The monoisotopic (exact) mass is 451 g/mol. The fourth-order valence-corrected chi connectivity index (χ4v) is 4.47. The van der Waals surface area contributed by atoms with Crippen molar-refractivity contribution in [2.75, 3.05) is 0 Å². The van der Waals surface area contributed by atoms with Crippen molar-refractivity contribution in [3.8, 4) is 0 Å². The zero-order chi connectivity index (χ0) is 22.6. The van der Waals surface area contributed by atoms with Gasteiger partial charge in [-0.2, -0.15) is 0 Å². The van der Waals surface area contributed by atoms with E-state index in [1.165, 1.54) is 6.92 Å². The maximum atomic E-state index is 15.3. The number of nitrogens with one attached hydrogen (secondary N) is 1. The highest BCUT2D eigenvalue weighted by atomic mass is 32.2. The molecular formula is C24H31F2NO3S. The fraction of sp³-hybridized carbons (Fsp3) is 0.500. The zero-order valence-corrected chi connectivity index (χ0v) is 19.2. The van der Waals surface area contributed by atoms with Gasteiger partial charge in [0.2, 0.25) is 0 Å². The molecule has 31 heavy (non-hydrogen) atoms. The van der Waals surface area contributed by atoms with E-state index in [0.717, 1.165) is 11.1 Å². The van der Waals surface area contributed by atoms with E-state index in [9.17, 15) is 4.21 Å².